The molecule has 0 unspecified atom stereocenters. The topological polar surface area (TPSA) is 56.7 Å². The normalized spacial score (nSPS) is 11.4. The standard InChI is InChI=1S/C12H12N4/c1-7-3-4-8-9-6-14-16(2)11(9)12(13)15-10(8)5-7/h3-6H,1-2H3,(H2,13,15). The molecule has 16 heavy (non-hydrogen) atoms. The highest BCUT2D eigenvalue weighted by atomic mass is 15.3. The van der Waals surface area contributed by atoms with E-state index in [1.807, 2.05) is 26.2 Å². The second-order valence-electron chi connectivity index (χ2n) is 4.05. The zero-order valence-corrected chi connectivity index (χ0v) is 9.23. The summed E-state index contributed by atoms with van der Waals surface area (Å²) in [4.78, 5) is 4.41. The molecule has 4 nitrogen and oxygen atoms in total. The zero-order chi connectivity index (χ0) is 11.3. The minimum atomic E-state index is 0.535. The van der Waals surface area contributed by atoms with Gasteiger partial charge in [0.1, 0.15) is 11.3 Å². The molecule has 0 saturated heterocycles. The van der Waals surface area contributed by atoms with Crippen LogP contribution in [0, 0.1) is 6.92 Å². The van der Waals surface area contributed by atoms with Gasteiger partial charge in [0.25, 0.3) is 0 Å². The summed E-state index contributed by atoms with van der Waals surface area (Å²) in [6.45, 7) is 2.05. The van der Waals surface area contributed by atoms with Gasteiger partial charge < -0.3 is 5.73 Å². The molecular formula is C12H12N4. The van der Waals surface area contributed by atoms with Gasteiger partial charge in [0.2, 0.25) is 0 Å². The molecule has 0 radical (unpaired) electrons. The van der Waals surface area contributed by atoms with E-state index in [4.69, 9.17) is 5.73 Å². The third kappa shape index (κ3) is 1.10. The highest BCUT2D eigenvalue weighted by Gasteiger charge is 2.09. The van der Waals surface area contributed by atoms with Gasteiger partial charge in [0, 0.05) is 17.8 Å². The molecule has 4 heteroatoms. The third-order valence-electron chi connectivity index (χ3n) is 2.87. The Morgan fingerprint density at radius 1 is 1.25 bits per heavy atom. The molecule has 0 aliphatic rings. The third-order valence-corrected chi connectivity index (χ3v) is 2.87. The number of aryl methyl sites for hydroxylation is 2. The van der Waals surface area contributed by atoms with Crippen LogP contribution in [0.5, 0.6) is 0 Å². The predicted octanol–water partition coefficient (Wildman–Crippen LogP) is 2.01. The van der Waals surface area contributed by atoms with Gasteiger partial charge in [-0.1, -0.05) is 12.1 Å². The van der Waals surface area contributed by atoms with Crippen molar-refractivity contribution in [1.29, 1.82) is 0 Å². The van der Waals surface area contributed by atoms with Crippen molar-refractivity contribution in [2.24, 2.45) is 7.05 Å². The Morgan fingerprint density at radius 2 is 2.06 bits per heavy atom. The Kier molecular flexibility index (Phi) is 1.68. The molecule has 0 aliphatic heterocycles. The summed E-state index contributed by atoms with van der Waals surface area (Å²) in [7, 11) is 1.88. The van der Waals surface area contributed by atoms with Crippen LogP contribution in [0.4, 0.5) is 5.82 Å². The first-order valence-corrected chi connectivity index (χ1v) is 5.14. The molecule has 0 atom stereocenters. The number of nitrogen functional groups attached to an aromatic ring is 1. The van der Waals surface area contributed by atoms with Gasteiger partial charge in [-0.2, -0.15) is 5.10 Å². The van der Waals surface area contributed by atoms with E-state index in [0.29, 0.717) is 5.82 Å². The van der Waals surface area contributed by atoms with Gasteiger partial charge in [-0.25, -0.2) is 4.98 Å². The van der Waals surface area contributed by atoms with E-state index in [2.05, 4.69) is 22.2 Å². The van der Waals surface area contributed by atoms with Crippen molar-refractivity contribution in [2.75, 3.05) is 5.73 Å². The van der Waals surface area contributed by atoms with Gasteiger partial charge in [-0.15, -0.1) is 0 Å². The van der Waals surface area contributed by atoms with Gasteiger partial charge in [-0.05, 0) is 18.6 Å². The van der Waals surface area contributed by atoms with Crippen LogP contribution in [0.1, 0.15) is 5.56 Å². The monoisotopic (exact) mass is 212 g/mol. The van der Waals surface area contributed by atoms with Gasteiger partial charge in [0.15, 0.2) is 0 Å². The number of aromatic nitrogens is 3. The lowest BCUT2D eigenvalue weighted by molar-refractivity contribution is 0.797. The number of hydrogen-bond donors (Lipinski definition) is 1. The number of nitrogens with two attached hydrogens (primary N) is 1. The molecule has 3 aromatic rings. The molecule has 2 heterocycles. The van der Waals surface area contributed by atoms with Gasteiger partial charge in [-0.3, -0.25) is 4.68 Å². The van der Waals surface area contributed by atoms with Crippen LogP contribution in [-0.4, -0.2) is 14.8 Å². The van der Waals surface area contributed by atoms with Crippen LogP contribution >= 0.6 is 0 Å². The number of nitrogens with zero attached hydrogens (tertiary/aromatic N) is 3. The van der Waals surface area contributed by atoms with E-state index in [-0.39, 0.29) is 0 Å². The number of fused-ring (bicyclic) bond motifs is 3. The summed E-state index contributed by atoms with van der Waals surface area (Å²) in [6.07, 6.45) is 1.84. The summed E-state index contributed by atoms with van der Waals surface area (Å²) in [5.74, 6) is 0.535. The van der Waals surface area contributed by atoms with Crippen molar-refractivity contribution in [1.82, 2.24) is 14.8 Å². The van der Waals surface area contributed by atoms with Gasteiger partial charge >= 0.3 is 0 Å². The fourth-order valence-corrected chi connectivity index (χ4v) is 2.08. The Labute approximate surface area is 92.7 Å². The van der Waals surface area contributed by atoms with E-state index in [1.54, 1.807) is 4.68 Å². The lowest BCUT2D eigenvalue weighted by Crippen LogP contribution is -1.98. The zero-order valence-electron chi connectivity index (χ0n) is 9.23. The summed E-state index contributed by atoms with van der Waals surface area (Å²) < 4.78 is 1.76. The maximum Gasteiger partial charge on any atom is 0.150 e. The molecule has 0 saturated carbocycles. The van der Waals surface area contributed by atoms with E-state index in [0.717, 1.165) is 21.8 Å². The van der Waals surface area contributed by atoms with Crippen molar-refractivity contribution >= 4 is 27.6 Å². The van der Waals surface area contributed by atoms with Crippen LogP contribution < -0.4 is 5.73 Å². The smallest absolute Gasteiger partial charge is 0.150 e. The van der Waals surface area contributed by atoms with Crippen molar-refractivity contribution in [3.05, 3.63) is 30.0 Å². The Morgan fingerprint density at radius 3 is 2.88 bits per heavy atom. The minimum Gasteiger partial charge on any atom is -0.382 e. The van der Waals surface area contributed by atoms with Crippen molar-refractivity contribution in [2.45, 2.75) is 6.92 Å². The predicted molar refractivity (Wildman–Crippen MR) is 65.2 cm³/mol. The first kappa shape index (κ1) is 9.15. The lowest BCUT2D eigenvalue weighted by Gasteiger charge is -2.04. The highest BCUT2D eigenvalue weighted by Crippen LogP contribution is 2.27. The molecule has 80 valence electrons. The first-order valence-electron chi connectivity index (χ1n) is 5.14. The average molecular weight is 212 g/mol. The van der Waals surface area contributed by atoms with E-state index in [1.165, 1.54) is 5.56 Å². The summed E-state index contributed by atoms with van der Waals surface area (Å²) in [5.41, 5.74) is 8.96. The molecule has 0 bridgehead atoms. The highest BCUT2D eigenvalue weighted by molar-refractivity contribution is 6.08. The summed E-state index contributed by atoms with van der Waals surface area (Å²) in [6, 6.07) is 6.19. The van der Waals surface area contributed by atoms with Crippen molar-refractivity contribution in [3.63, 3.8) is 0 Å². The lowest BCUT2D eigenvalue weighted by atomic mass is 10.1. The fourth-order valence-electron chi connectivity index (χ4n) is 2.08. The van der Waals surface area contributed by atoms with Crippen LogP contribution in [-0.2, 0) is 7.05 Å². The molecular weight excluding hydrogens is 200 g/mol. The van der Waals surface area contributed by atoms with Crippen LogP contribution in [0.15, 0.2) is 24.4 Å². The number of rotatable bonds is 0. The SMILES string of the molecule is Cc1ccc2c(c1)nc(N)c1c2cnn1C. The first-order chi connectivity index (χ1) is 7.66. The van der Waals surface area contributed by atoms with Crippen molar-refractivity contribution < 1.29 is 0 Å². The molecule has 0 fully saturated rings. The summed E-state index contributed by atoms with van der Waals surface area (Å²) >= 11 is 0. The molecule has 2 aromatic heterocycles. The maximum absolute atomic E-state index is 5.95. The molecule has 1 aromatic carbocycles. The van der Waals surface area contributed by atoms with E-state index >= 15 is 0 Å². The summed E-state index contributed by atoms with van der Waals surface area (Å²) in [5, 5.41) is 6.39. The quantitative estimate of drug-likeness (QED) is 0.620. The van der Waals surface area contributed by atoms with Gasteiger partial charge in [0.05, 0.1) is 11.7 Å². The van der Waals surface area contributed by atoms with Crippen molar-refractivity contribution in [3.8, 4) is 0 Å². The van der Waals surface area contributed by atoms with Crippen LogP contribution in [0.25, 0.3) is 21.8 Å². The van der Waals surface area contributed by atoms with E-state index in [9.17, 15) is 0 Å². The molecule has 2 N–H and O–H groups in total. The number of pyridine rings is 1. The molecule has 0 spiro atoms. The second-order valence-corrected chi connectivity index (χ2v) is 4.05. The average Bonchev–Trinajstić information content (AvgIpc) is 2.61. The largest absolute Gasteiger partial charge is 0.382 e. The van der Waals surface area contributed by atoms with Crippen LogP contribution in [0.3, 0.4) is 0 Å². The van der Waals surface area contributed by atoms with Crippen LogP contribution in [0.2, 0.25) is 0 Å². The number of hydrogen-bond acceptors (Lipinski definition) is 3. The molecule has 0 aliphatic carbocycles. The molecule has 0 amide bonds. The number of anilines is 1. The molecule has 3 rings (SSSR count). The fraction of sp³-hybridized carbons (Fsp3) is 0.167. The second kappa shape index (κ2) is 2.95. The minimum absolute atomic E-state index is 0.535. The number of benzene rings is 1. The Balaban J connectivity index is 2.59. The Bertz CT molecular complexity index is 697. The maximum atomic E-state index is 5.95. The van der Waals surface area contributed by atoms with E-state index < -0.39 is 0 Å². The Hall–Kier alpha value is -2.10.